The minimum absolute atomic E-state index is 0.0125. The number of rotatable bonds is 6. The summed E-state index contributed by atoms with van der Waals surface area (Å²) in [4.78, 5) is 0. The zero-order valence-electron chi connectivity index (χ0n) is 13.0. The van der Waals surface area contributed by atoms with Crippen molar-refractivity contribution in [3.8, 4) is 0 Å². The Labute approximate surface area is 126 Å². The van der Waals surface area contributed by atoms with Crippen molar-refractivity contribution in [2.75, 3.05) is 13.7 Å². The number of hydrogen-bond donors (Lipinski definition) is 1. The second kappa shape index (κ2) is 7.39. The zero-order valence-corrected chi connectivity index (χ0v) is 13.7. The van der Waals surface area contributed by atoms with Crippen LogP contribution in [0.15, 0.2) is 18.2 Å². The smallest absolute Gasteiger partial charge is 0.142 e. The fourth-order valence-corrected chi connectivity index (χ4v) is 2.82. The maximum absolute atomic E-state index is 13.5. The SMILES string of the molecule is CCNC(Cc1cccc(F)c1Cl)C(OC)C(C)(C)C. The summed E-state index contributed by atoms with van der Waals surface area (Å²) in [6.45, 7) is 9.29. The summed E-state index contributed by atoms with van der Waals surface area (Å²) in [6, 6.07) is 5.03. The molecule has 20 heavy (non-hydrogen) atoms. The first kappa shape index (κ1) is 17.4. The van der Waals surface area contributed by atoms with Crippen molar-refractivity contribution in [1.82, 2.24) is 5.32 Å². The van der Waals surface area contributed by atoms with Gasteiger partial charge < -0.3 is 10.1 Å². The third kappa shape index (κ3) is 4.44. The van der Waals surface area contributed by atoms with Crippen LogP contribution < -0.4 is 5.32 Å². The summed E-state index contributed by atoms with van der Waals surface area (Å²) in [5.74, 6) is -0.371. The molecule has 0 aromatic heterocycles. The summed E-state index contributed by atoms with van der Waals surface area (Å²) in [7, 11) is 1.72. The molecule has 0 saturated heterocycles. The monoisotopic (exact) mass is 301 g/mol. The molecule has 0 aliphatic carbocycles. The molecule has 1 aromatic rings. The molecule has 114 valence electrons. The largest absolute Gasteiger partial charge is 0.379 e. The lowest BCUT2D eigenvalue weighted by molar-refractivity contribution is -0.0106. The van der Waals surface area contributed by atoms with Gasteiger partial charge in [0.1, 0.15) is 5.82 Å². The number of benzene rings is 1. The Bertz CT molecular complexity index is 431. The van der Waals surface area contributed by atoms with Gasteiger partial charge in [0.2, 0.25) is 0 Å². The third-order valence-electron chi connectivity index (χ3n) is 3.41. The maximum atomic E-state index is 13.5. The number of methoxy groups -OCH3 is 1. The van der Waals surface area contributed by atoms with E-state index >= 15 is 0 Å². The molecule has 4 heteroatoms. The second-order valence-electron chi connectivity index (χ2n) is 6.10. The highest BCUT2D eigenvalue weighted by molar-refractivity contribution is 6.31. The van der Waals surface area contributed by atoms with Gasteiger partial charge in [-0.05, 0) is 30.0 Å². The van der Waals surface area contributed by atoms with E-state index in [0.29, 0.717) is 6.42 Å². The van der Waals surface area contributed by atoms with Gasteiger partial charge in [-0.25, -0.2) is 4.39 Å². The van der Waals surface area contributed by atoms with Crippen LogP contribution in [-0.2, 0) is 11.2 Å². The standard InChI is InChI=1S/C16H25ClFNO/c1-6-19-13(15(20-5)16(2,3)4)10-11-8-7-9-12(18)14(11)17/h7-9,13,15,19H,6,10H2,1-5H3. The average molecular weight is 302 g/mol. The lowest BCUT2D eigenvalue weighted by Gasteiger charge is -2.36. The van der Waals surface area contributed by atoms with E-state index in [2.05, 4.69) is 33.0 Å². The molecular formula is C16H25ClFNO. The van der Waals surface area contributed by atoms with Gasteiger partial charge in [0.05, 0.1) is 11.1 Å². The summed E-state index contributed by atoms with van der Waals surface area (Å²) in [6.07, 6.45) is 0.655. The number of nitrogens with one attached hydrogen (secondary N) is 1. The highest BCUT2D eigenvalue weighted by Crippen LogP contribution is 2.28. The molecule has 0 heterocycles. The van der Waals surface area contributed by atoms with Crippen molar-refractivity contribution in [1.29, 1.82) is 0 Å². The summed E-state index contributed by atoms with van der Waals surface area (Å²) in [5.41, 5.74) is 0.797. The Hall–Kier alpha value is -0.640. The average Bonchev–Trinajstić information content (AvgIpc) is 2.34. The molecule has 0 fully saturated rings. The van der Waals surface area contributed by atoms with Crippen LogP contribution in [0.1, 0.15) is 33.3 Å². The van der Waals surface area contributed by atoms with E-state index in [9.17, 15) is 4.39 Å². The molecule has 2 nitrogen and oxygen atoms in total. The molecule has 2 unspecified atom stereocenters. The van der Waals surface area contributed by atoms with Crippen molar-refractivity contribution < 1.29 is 9.13 Å². The number of ether oxygens (including phenoxy) is 1. The van der Waals surface area contributed by atoms with Crippen molar-refractivity contribution in [2.24, 2.45) is 5.41 Å². The molecule has 2 atom stereocenters. The van der Waals surface area contributed by atoms with Gasteiger partial charge in [-0.2, -0.15) is 0 Å². The Morgan fingerprint density at radius 1 is 1.35 bits per heavy atom. The van der Waals surface area contributed by atoms with Crippen LogP contribution in [0.5, 0.6) is 0 Å². The van der Waals surface area contributed by atoms with Crippen LogP contribution in [0.3, 0.4) is 0 Å². The lowest BCUT2D eigenvalue weighted by atomic mass is 9.82. The third-order valence-corrected chi connectivity index (χ3v) is 3.83. The first-order chi connectivity index (χ1) is 9.31. The molecule has 1 N–H and O–H groups in total. The quantitative estimate of drug-likeness (QED) is 0.855. The van der Waals surface area contributed by atoms with E-state index in [4.69, 9.17) is 16.3 Å². The van der Waals surface area contributed by atoms with Gasteiger partial charge in [-0.3, -0.25) is 0 Å². The summed E-state index contributed by atoms with van der Waals surface area (Å²) in [5, 5.41) is 3.64. The van der Waals surface area contributed by atoms with Gasteiger partial charge in [0, 0.05) is 13.2 Å². The van der Waals surface area contributed by atoms with Crippen LogP contribution >= 0.6 is 11.6 Å². The van der Waals surface area contributed by atoms with E-state index in [1.165, 1.54) is 6.07 Å². The molecular weight excluding hydrogens is 277 g/mol. The molecule has 0 saturated carbocycles. The highest BCUT2D eigenvalue weighted by Gasteiger charge is 2.32. The van der Waals surface area contributed by atoms with E-state index in [1.54, 1.807) is 13.2 Å². The van der Waals surface area contributed by atoms with Crippen LogP contribution in [0.25, 0.3) is 0 Å². The molecule has 0 amide bonds. The van der Waals surface area contributed by atoms with Crippen LogP contribution in [-0.4, -0.2) is 25.8 Å². The van der Waals surface area contributed by atoms with E-state index < -0.39 is 0 Å². The van der Waals surface area contributed by atoms with Crippen LogP contribution in [0.2, 0.25) is 5.02 Å². The predicted molar refractivity (Wildman–Crippen MR) is 82.8 cm³/mol. The molecule has 0 spiro atoms. The first-order valence-corrected chi connectivity index (χ1v) is 7.38. The van der Waals surface area contributed by atoms with Gasteiger partial charge in [0.25, 0.3) is 0 Å². The van der Waals surface area contributed by atoms with Crippen molar-refractivity contribution >= 4 is 11.6 Å². The van der Waals surface area contributed by atoms with Crippen LogP contribution in [0.4, 0.5) is 4.39 Å². The van der Waals surface area contributed by atoms with Crippen molar-refractivity contribution in [3.63, 3.8) is 0 Å². The van der Waals surface area contributed by atoms with Crippen LogP contribution in [0, 0.1) is 11.2 Å². The fraction of sp³-hybridized carbons (Fsp3) is 0.625. The topological polar surface area (TPSA) is 21.3 Å². The van der Waals surface area contributed by atoms with Gasteiger partial charge in [0.15, 0.2) is 0 Å². The molecule has 1 rings (SSSR count). The lowest BCUT2D eigenvalue weighted by Crippen LogP contribution is -2.49. The highest BCUT2D eigenvalue weighted by atomic mass is 35.5. The minimum atomic E-state index is -0.371. The Kier molecular flexibility index (Phi) is 6.44. The Morgan fingerprint density at radius 2 is 2.00 bits per heavy atom. The zero-order chi connectivity index (χ0) is 15.3. The summed E-state index contributed by atoms with van der Waals surface area (Å²) < 4.78 is 19.2. The minimum Gasteiger partial charge on any atom is -0.379 e. The maximum Gasteiger partial charge on any atom is 0.142 e. The van der Waals surface area contributed by atoms with Crippen molar-refractivity contribution in [2.45, 2.75) is 46.3 Å². The van der Waals surface area contributed by atoms with Crippen molar-refractivity contribution in [3.05, 3.63) is 34.6 Å². The van der Waals surface area contributed by atoms with Gasteiger partial charge >= 0.3 is 0 Å². The molecule has 1 aromatic carbocycles. The predicted octanol–water partition coefficient (Wildman–Crippen LogP) is 4.06. The number of hydrogen-bond acceptors (Lipinski definition) is 2. The molecule has 0 bridgehead atoms. The van der Waals surface area contributed by atoms with Gasteiger partial charge in [-0.1, -0.05) is 51.4 Å². The molecule has 0 aliphatic rings. The fourth-order valence-electron chi connectivity index (χ4n) is 2.61. The Morgan fingerprint density at radius 3 is 2.50 bits per heavy atom. The number of halogens is 2. The van der Waals surface area contributed by atoms with E-state index in [0.717, 1.165) is 12.1 Å². The summed E-state index contributed by atoms with van der Waals surface area (Å²) >= 11 is 6.06. The number of likely N-dealkylation sites (N-methyl/N-ethyl adjacent to an activating group) is 1. The molecule has 0 aliphatic heterocycles. The Balaban J connectivity index is 3.00. The normalized spacial score (nSPS) is 15.2. The van der Waals surface area contributed by atoms with Gasteiger partial charge in [-0.15, -0.1) is 0 Å². The van der Waals surface area contributed by atoms with E-state index in [1.807, 2.05) is 6.07 Å². The second-order valence-corrected chi connectivity index (χ2v) is 6.48. The first-order valence-electron chi connectivity index (χ1n) is 7.00. The van der Waals surface area contributed by atoms with E-state index in [-0.39, 0.29) is 28.4 Å². The molecule has 0 radical (unpaired) electrons.